The first-order valence-electron chi connectivity index (χ1n) is 5.17. The molecule has 0 atom stereocenters. The van der Waals surface area contributed by atoms with Crippen LogP contribution >= 0.6 is 15.9 Å². The van der Waals surface area contributed by atoms with Crippen LogP contribution in [0.3, 0.4) is 0 Å². The lowest BCUT2D eigenvalue weighted by Crippen LogP contribution is -2.32. The van der Waals surface area contributed by atoms with E-state index in [-0.39, 0.29) is 18.7 Å². The van der Waals surface area contributed by atoms with Gasteiger partial charge in [0.1, 0.15) is 5.82 Å². The van der Waals surface area contributed by atoms with Crippen LogP contribution in [0.4, 0.5) is 10.1 Å². The number of carbonyl (C=O) groups excluding carboxylic acids is 2. The summed E-state index contributed by atoms with van der Waals surface area (Å²) in [5.41, 5.74) is 6.47. The van der Waals surface area contributed by atoms with Crippen molar-refractivity contribution in [1.82, 2.24) is 0 Å². The fourth-order valence-electron chi connectivity index (χ4n) is 1.79. The van der Waals surface area contributed by atoms with Crippen LogP contribution < -0.4 is 10.6 Å². The van der Waals surface area contributed by atoms with E-state index in [0.717, 1.165) is 6.07 Å². The molecule has 0 unspecified atom stereocenters. The minimum atomic E-state index is -0.713. The Morgan fingerprint density at radius 3 is 2.72 bits per heavy atom. The third-order valence-electron chi connectivity index (χ3n) is 2.65. The molecule has 1 aromatic carbocycles. The van der Waals surface area contributed by atoms with Crippen LogP contribution in [0, 0.1) is 5.82 Å². The lowest BCUT2D eigenvalue weighted by atomic mass is 10.1. The summed E-state index contributed by atoms with van der Waals surface area (Å²) >= 11 is 3.16. The highest BCUT2D eigenvalue weighted by atomic mass is 79.9. The minimum absolute atomic E-state index is 0.0664. The van der Waals surface area contributed by atoms with Crippen LogP contribution in [-0.4, -0.2) is 24.8 Å². The largest absolute Gasteiger partial charge is 0.327 e. The van der Waals surface area contributed by atoms with E-state index in [4.69, 9.17) is 5.73 Å². The maximum absolute atomic E-state index is 13.2. The monoisotopic (exact) mass is 312 g/mol. The van der Waals surface area contributed by atoms with Crippen molar-refractivity contribution in [2.24, 2.45) is 5.73 Å². The molecule has 4 nitrogen and oxygen atoms in total. The van der Waals surface area contributed by atoms with Crippen LogP contribution in [0.1, 0.15) is 10.4 Å². The maximum Gasteiger partial charge on any atom is 0.299 e. The Morgan fingerprint density at radius 1 is 1.44 bits per heavy atom. The van der Waals surface area contributed by atoms with Gasteiger partial charge in [-0.3, -0.25) is 14.5 Å². The molecule has 1 aliphatic heterocycles. The lowest BCUT2D eigenvalue weighted by molar-refractivity contribution is -0.114. The molecule has 18 heavy (non-hydrogen) atoms. The van der Waals surface area contributed by atoms with Gasteiger partial charge < -0.3 is 5.73 Å². The van der Waals surface area contributed by atoms with Gasteiger partial charge in [0.05, 0.1) is 11.3 Å². The fourth-order valence-corrected chi connectivity index (χ4v) is 2.44. The first-order chi connectivity index (χ1) is 8.45. The number of anilines is 1. The molecule has 1 heterocycles. The Bertz CT molecular complexity index is 571. The summed E-state index contributed by atoms with van der Waals surface area (Å²) in [7, 11) is 0. The quantitative estimate of drug-likeness (QED) is 0.681. The number of Topliss-reactive ketones (excluding diaryl/α,β-unsaturated/α-hetero) is 1. The molecule has 0 aliphatic carbocycles. The van der Waals surface area contributed by atoms with Crippen LogP contribution in [0.25, 0.3) is 0 Å². The Morgan fingerprint density at radius 2 is 2.11 bits per heavy atom. The normalized spacial score (nSPS) is 14.1. The van der Waals surface area contributed by atoms with Crippen molar-refractivity contribution in [1.29, 1.82) is 0 Å². The van der Waals surface area contributed by atoms with Crippen molar-refractivity contribution in [3.05, 3.63) is 40.1 Å². The van der Waals surface area contributed by atoms with Gasteiger partial charge in [0.2, 0.25) is 0 Å². The summed E-state index contributed by atoms with van der Waals surface area (Å²) in [6.07, 6.45) is 0. The number of hydrogen-bond donors (Lipinski definition) is 1. The Hall–Kier alpha value is -1.53. The van der Waals surface area contributed by atoms with E-state index in [0.29, 0.717) is 15.7 Å². The number of hydrogen-bond acceptors (Lipinski definition) is 3. The topological polar surface area (TPSA) is 63.4 Å². The molecule has 2 rings (SSSR count). The van der Waals surface area contributed by atoms with Gasteiger partial charge >= 0.3 is 0 Å². The number of amides is 1. The molecule has 0 bridgehead atoms. The molecule has 0 fully saturated rings. The van der Waals surface area contributed by atoms with E-state index in [1.165, 1.54) is 11.0 Å². The molecular formula is C12H10BrFN2O2. The van der Waals surface area contributed by atoms with Gasteiger partial charge in [-0.05, 0) is 33.6 Å². The summed E-state index contributed by atoms with van der Waals surface area (Å²) in [5, 5.41) is 0. The highest BCUT2D eigenvalue weighted by Gasteiger charge is 2.37. The molecule has 0 spiro atoms. The summed E-state index contributed by atoms with van der Waals surface area (Å²) in [6.45, 7) is 4.06. The maximum atomic E-state index is 13.2. The molecule has 0 radical (unpaired) electrons. The van der Waals surface area contributed by atoms with Gasteiger partial charge in [-0.2, -0.15) is 0 Å². The molecule has 2 N–H and O–H groups in total. The molecule has 1 aromatic rings. The van der Waals surface area contributed by atoms with Crippen molar-refractivity contribution in [3.8, 4) is 0 Å². The average molecular weight is 313 g/mol. The van der Waals surface area contributed by atoms with E-state index in [9.17, 15) is 14.0 Å². The standard InChI is InChI=1S/C12H10BrFN2O2/c1-6(4-15)5-16-10-8(11(17)12(16)18)2-7(14)3-9(10)13/h2-3H,1,4-5,15H2. The number of fused-ring (bicyclic) bond motifs is 1. The van der Waals surface area contributed by atoms with Crippen LogP contribution in [-0.2, 0) is 4.79 Å². The number of nitrogens with zero attached hydrogens (tertiary/aromatic N) is 1. The lowest BCUT2D eigenvalue weighted by Gasteiger charge is -2.18. The molecule has 0 saturated carbocycles. The molecule has 0 aromatic heterocycles. The zero-order chi connectivity index (χ0) is 13.4. The molecular weight excluding hydrogens is 303 g/mol. The Balaban J connectivity index is 2.51. The number of rotatable bonds is 3. The third-order valence-corrected chi connectivity index (χ3v) is 3.26. The van der Waals surface area contributed by atoms with Crippen molar-refractivity contribution in [2.45, 2.75) is 0 Å². The first kappa shape index (κ1) is 12.9. The van der Waals surface area contributed by atoms with E-state index >= 15 is 0 Å². The van der Waals surface area contributed by atoms with Crippen molar-refractivity contribution in [3.63, 3.8) is 0 Å². The Labute approximate surface area is 111 Å². The number of halogens is 2. The predicted molar refractivity (Wildman–Crippen MR) is 69.0 cm³/mol. The molecule has 94 valence electrons. The number of nitrogens with two attached hydrogens (primary N) is 1. The second kappa shape index (κ2) is 4.62. The SMILES string of the molecule is C=C(CN)CN1C(=O)C(=O)c2cc(F)cc(Br)c21. The Kier molecular flexibility index (Phi) is 3.32. The van der Waals surface area contributed by atoms with E-state index < -0.39 is 17.5 Å². The number of ketones is 1. The van der Waals surface area contributed by atoms with Crippen LogP contribution in [0.2, 0.25) is 0 Å². The van der Waals surface area contributed by atoms with Gasteiger partial charge in [0, 0.05) is 17.6 Å². The van der Waals surface area contributed by atoms with Crippen molar-refractivity contribution < 1.29 is 14.0 Å². The number of carbonyl (C=O) groups is 2. The van der Waals surface area contributed by atoms with Gasteiger partial charge in [-0.25, -0.2) is 4.39 Å². The van der Waals surface area contributed by atoms with Crippen LogP contribution in [0.15, 0.2) is 28.8 Å². The molecule has 1 amide bonds. The zero-order valence-corrected chi connectivity index (χ0v) is 11.0. The highest BCUT2D eigenvalue weighted by molar-refractivity contribution is 9.10. The third kappa shape index (κ3) is 1.97. The highest BCUT2D eigenvalue weighted by Crippen LogP contribution is 2.37. The first-order valence-corrected chi connectivity index (χ1v) is 5.97. The minimum Gasteiger partial charge on any atom is -0.327 e. The smallest absolute Gasteiger partial charge is 0.299 e. The predicted octanol–water partition coefficient (Wildman–Crippen LogP) is 1.63. The molecule has 1 aliphatic rings. The summed E-state index contributed by atoms with van der Waals surface area (Å²) < 4.78 is 13.6. The molecule has 6 heteroatoms. The van der Waals surface area contributed by atoms with Gasteiger partial charge in [-0.15, -0.1) is 0 Å². The van der Waals surface area contributed by atoms with E-state index in [1.807, 2.05) is 0 Å². The average Bonchev–Trinajstić information content (AvgIpc) is 2.54. The zero-order valence-electron chi connectivity index (χ0n) is 9.37. The summed E-state index contributed by atoms with van der Waals surface area (Å²) in [5.74, 6) is -1.97. The second-order valence-electron chi connectivity index (χ2n) is 3.96. The fraction of sp³-hybridized carbons (Fsp3) is 0.167. The van der Waals surface area contributed by atoms with Crippen LogP contribution in [0.5, 0.6) is 0 Å². The van der Waals surface area contributed by atoms with E-state index in [1.54, 1.807) is 0 Å². The molecule has 0 saturated heterocycles. The van der Waals surface area contributed by atoms with Gasteiger partial charge in [-0.1, -0.05) is 6.58 Å². The second-order valence-corrected chi connectivity index (χ2v) is 4.81. The summed E-state index contributed by atoms with van der Waals surface area (Å²) in [4.78, 5) is 24.8. The van der Waals surface area contributed by atoms with Gasteiger partial charge in [0.15, 0.2) is 0 Å². The van der Waals surface area contributed by atoms with Crippen molar-refractivity contribution >= 4 is 33.3 Å². The van der Waals surface area contributed by atoms with Gasteiger partial charge in [0.25, 0.3) is 11.7 Å². The number of benzene rings is 1. The van der Waals surface area contributed by atoms with Crippen molar-refractivity contribution in [2.75, 3.05) is 18.0 Å². The van der Waals surface area contributed by atoms with E-state index in [2.05, 4.69) is 22.5 Å². The summed E-state index contributed by atoms with van der Waals surface area (Å²) in [6, 6.07) is 2.27.